The van der Waals surface area contributed by atoms with Crippen LogP contribution in [0.5, 0.6) is 0 Å². The highest BCUT2D eigenvalue weighted by Crippen LogP contribution is 2.34. The molecule has 1 saturated heterocycles. The van der Waals surface area contributed by atoms with Crippen LogP contribution in [0.25, 0.3) is 0 Å². The molecule has 0 spiro atoms. The molecule has 1 aromatic rings. The Bertz CT molecular complexity index is 447. The standard InChI is InChI=1S/C14H24N4O/c1-14(2,3)10-5-4-7-18(8-6-10)13(19)11-9-12(15)17-16-11/h9-10H,4-8H2,1-3H3,(H3,15,16,17). The van der Waals surface area contributed by atoms with Gasteiger partial charge in [-0.3, -0.25) is 9.89 Å². The van der Waals surface area contributed by atoms with E-state index in [1.165, 1.54) is 6.42 Å². The number of hydrogen-bond donors (Lipinski definition) is 2. The third-order valence-electron chi connectivity index (χ3n) is 4.07. The minimum Gasteiger partial charge on any atom is -0.382 e. The predicted octanol–water partition coefficient (Wildman–Crippen LogP) is 2.28. The number of amides is 1. The maximum absolute atomic E-state index is 12.3. The maximum Gasteiger partial charge on any atom is 0.271 e. The first-order chi connectivity index (χ1) is 8.88. The first kappa shape index (κ1) is 13.9. The molecule has 1 unspecified atom stereocenters. The number of carbonyl (C=O) groups is 1. The maximum atomic E-state index is 12.3. The van der Waals surface area contributed by atoms with Gasteiger partial charge in [-0.25, -0.2) is 0 Å². The number of nitrogens with one attached hydrogen (secondary N) is 1. The summed E-state index contributed by atoms with van der Waals surface area (Å²) in [4.78, 5) is 14.2. The Balaban J connectivity index is 2.01. The molecule has 2 heterocycles. The topological polar surface area (TPSA) is 75.0 Å². The number of nitrogens with two attached hydrogens (primary N) is 1. The molecule has 106 valence electrons. The van der Waals surface area contributed by atoms with E-state index >= 15 is 0 Å². The highest BCUT2D eigenvalue weighted by Gasteiger charge is 2.29. The Morgan fingerprint density at radius 2 is 2.16 bits per heavy atom. The van der Waals surface area contributed by atoms with Crippen LogP contribution in [0.15, 0.2) is 6.07 Å². The number of likely N-dealkylation sites (tertiary alicyclic amines) is 1. The molecule has 0 saturated carbocycles. The van der Waals surface area contributed by atoms with E-state index in [1.54, 1.807) is 6.07 Å². The SMILES string of the molecule is CC(C)(C)C1CCCN(C(=O)c2cc(N)n[nH]2)CC1. The zero-order chi connectivity index (χ0) is 14.0. The monoisotopic (exact) mass is 264 g/mol. The predicted molar refractivity (Wildman–Crippen MR) is 75.7 cm³/mol. The molecule has 5 nitrogen and oxygen atoms in total. The Hall–Kier alpha value is -1.52. The normalized spacial score (nSPS) is 21.2. The van der Waals surface area contributed by atoms with Crippen molar-refractivity contribution in [1.82, 2.24) is 15.1 Å². The molecule has 19 heavy (non-hydrogen) atoms. The van der Waals surface area contributed by atoms with E-state index in [9.17, 15) is 4.79 Å². The van der Waals surface area contributed by atoms with Crippen LogP contribution in [0.4, 0.5) is 5.82 Å². The molecule has 5 heteroatoms. The fourth-order valence-corrected chi connectivity index (χ4v) is 2.78. The lowest BCUT2D eigenvalue weighted by molar-refractivity contribution is 0.0749. The summed E-state index contributed by atoms with van der Waals surface area (Å²) in [5, 5.41) is 6.51. The van der Waals surface area contributed by atoms with Crippen molar-refractivity contribution in [2.24, 2.45) is 11.3 Å². The summed E-state index contributed by atoms with van der Waals surface area (Å²) in [6, 6.07) is 1.61. The van der Waals surface area contributed by atoms with Crippen LogP contribution in [-0.2, 0) is 0 Å². The molecule has 1 atom stereocenters. The van der Waals surface area contributed by atoms with Crippen molar-refractivity contribution in [3.8, 4) is 0 Å². The van der Waals surface area contributed by atoms with E-state index in [0.29, 0.717) is 22.8 Å². The first-order valence-corrected chi connectivity index (χ1v) is 6.98. The highest BCUT2D eigenvalue weighted by molar-refractivity contribution is 5.92. The molecule has 1 aromatic heterocycles. The molecule has 1 amide bonds. The second-order valence-corrected chi connectivity index (χ2v) is 6.49. The summed E-state index contributed by atoms with van der Waals surface area (Å²) in [5.74, 6) is 1.06. The lowest BCUT2D eigenvalue weighted by atomic mass is 9.77. The molecule has 2 rings (SSSR count). The number of nitrogens with zero attached hydrogens (tertiary/aromatic N) is 2. The third kappa shape index (κ3) is 3.28. The molecule has 1 fully saturated rings. The van der Waals surface area contributed by atoms with Gasteiger partial charge in [-0.1, -0.05) is 20.8 Å². The van der Waals surface area contributed by atoms with Gasteiger partial charge < -0.3 is 10.6 Å². The van der Waals surface area contributed by atoms with Crippen LogP contribution >= 0.6 is 0 Å². The van der Waals surface area contributed by atoms with E-state index in [-0.39, 0.29) is 5.91 Å². The quantitative estimate of drug-likeness (QED) is 0.817. The van der Waals surface area contributed by atoms with Crippen LogP contribution < -0.4 is 5.73 Å². The largest absolute Gasteiger partial charge is 0.382 e. The number of carbonyl (C=O) groups excluding carboxylic acids is 1. The zero-order valence-electron chi connectivity index (χ0n) is 12.1. The molecular weight excluding hydrogens is 240 g/mol. The summed E-state index contributed by atoms with van der Waals surface area (Å²) >= 11 is 0. The fourth-order valence-electron chi connectivity index (χ4n) is 2.78. The van der Waals surface area contributed by atoms with Gasteiger partial charge in [-0.2, -0.15) is 5.10 Å². The van der Waals surface area contributed by atoms with E-state index in [4.69, 9.17) is 5.73 Å². The molecule has 1 aliphatic heterocycles. The van der Waals surface area contributed by atoms with Gasteiger partial charge >= 0.3 is 0 Å². The van der Waals surface area contributed by atoms with Crippen LogP contribution in [0.2, 0.25) is 0 Å². The molecule has 0 aliphatic carbocycles. The molecule has 3 N–H and O–H groups in total. The van der Waals surface area contributed by atoms with Crippen molar-refractivity contribution in [2.45, 2.75) is 40.0 Å². The number of rotatable bonds is 1. The minimum absolute atomic E-state index is 0.0127. The third-order valence-corrected chi connectivity index (χ3v) is 4.07. The number of anilines is 1. The van der Waals surface area contributed by atoms with Crippen molar-refractivity contribution in [3.63, 3.8) is 0 Å². The van der Waals surface area contributed by atoms with Gasteiger partial charge in [-0.15, -0.1) is 0 Å². The van der Waals surface area contributed by atoms with Crippen molar-refractivity contribution >= 4 is 11.7 Å². The van der Waals surface area contributed by atoms with Crippen LogP contribution in [-0.4, -0.2) is 34.1 Å². The second-order valence-electron chi connectivity index (χ2n) is 6.49. The summed E-state index contributed by atoms with van der Waals surface area (Å²) in [6.45, 7) is 8.49. The van der Waals surface area contributed by atoms with E-state index in [0.717, 1.165) is 25.9 Å². The summed E-state index contributed by atoms with van der Waals surface area (Å²) in [5.41, 5.74) is 6.35. The Kier molecular flexibility index (Phi) is 3.83. The van der Waals surface area contributed by atoms with Gasteiger partial charge in [-0.05, 0) is 30.6 Å². The summed E-state index contributed by atoms with van der Waals surface area (Å²) < 4.78 is 0. The number of nitrogen functional groups attached to an aromatic ring is 1. The summed E-state index contributed by atoms with van der Waals surface area (Å²) in [7, 11) is 0. The van der Waals surface area contributed by atoms with Gasteiger partial charge in [0.25, 0.3) is 5.91 Å². The zero-order valence-corrected chi connectivity index (χ0v) is 12.1. The van der Waals surface area contributed by atoms with Crippen molar-refractivity contribution < 1.29 is 4.79 Å². The molecular formula is C14H24N4O. The van der Waals surface area contributed by atoms with Gasteiger partial charge in [0.2, 0.25) is 0 Å². The second kappa shape index (κ2) is 5.23. The van der Waals surface area contributed by atoms with E-state index in [1.807, 2.05) is 4.90 Å². The van der Waals surface area contributed by atoms with E-state index in [2.05, 4.69) is 31.0 Å². The number of aromatic nitrogens is 2. The molecule has 0 bridgehead atoms. The Morgan fingerprint density at radius 1 is 1.42 bits per heavy atom. The van der Waals surface area contributed by atoms with Gasteiger partial charge in [0.1, 0.15) is 11.5 Å². The lowest BCUT2D eigenvalue weighted by Crippen LogP contribution is -2.32. The van der Waals surface area contributed by atoms with Gasteiger partial charge in [0, 0.05) is 19.2 Å². The van der Waals surface area contributed by atoms with Crippen molar-refractivity contribution in [3.05, 3.63) is 11.8 Å². The lowest BCUT2D eigenvalue weighted by Gasteiger charge is -2.29. The number of aromatic amines is 1. The van der Waals surface area contributed by atoms with Crippen molar-refractivity contribution in [2.75, 3.05) is 18.8 Å². The molecule has 0 aromatic carbocycles. The van der Waals surface area contributed by atoms with Crippen LogP contribution in [0.3, 0.4) is 0 Å². The minimum atomic E-state index is 0.0127. The Morgan fingerprint density at radius 3 is 2.74 bits per heavy atom. The van der Waals surface area contributed by atoms with Crippen molar-refractivity contribution in [1.29, 1.82) is 0 Å². The van der Waals surface area contributed by atoms with Gasteiger partial charge in [0.05, 0.1) is 0 Å². The summed E-state index contributed by atoms with van der Waals surface area (Å²) in [6.07, 6.45) is 3.33. The van der Waals surface area contributed by atoms with Gasteiger partial charge in [0.15, 0.2) is 0 Å². The fraction of sp³-hybridized carbons (Fsp3) is 0.714. The van der Waals surface area contributed by atoms with E-state index < -0.39 is 0 Å². The molecule has 0 radical (unpaired) electrons. The Labute approximate surface area is 114 Å². The molecule has 1 aliphatic rings. The average Bonchev–Trinajstić information content (AvgIpc) is 2.62. The van der Waals surface area contributed by atoms with Crippen LogP contribution in [0, 0.1) is 11.3 Å². The average molecular weight is 264 g/mol. The first-order valence-electron chi connectivity index (χ1n) is 6.98. The number of H-pyrrole nitrogens is 1. The van der Waals surface area contributed by atoms with Crippen LogP contribution in [0.1, 0.15) is 50.5 Å². The highest BCUT2D eigenvalue weighted by atomic mass is 16.2. The number of hydrogen-bond acceptors (Lipinski definition) is 3. The smallest absolute Gasteiger partial charge is 0.271 e.